The number of rotatable bonds is 7. The summed E-state index contributed by atoms with van der Waals surface area (Å²) in [5.74, 6) is 0.689. The Morgan fingerprint density at radius 3 is 2.71 bits per heavy atom. The third kappa shape index (κ3) is 3.99. The summed E-state index contributed by atoms with van der Waals surface area (Å²) in [6, 6.07) is 8.74. The number of likely N-dealkylation sites (N-methyl/N-ethyl adjacent to an activating group) is 1. The molecule has 0 saturated heterocycles. The number of aliphatic hydroxyl groups excluding tert-OH is 1. The SMILES string of the molecule is Cc1c(C(C)Nc2ccc(N(C)CCO)cn2)cccc1[N+](=O)[O-]. The van der Waals surface area contributed by atoms with Crippen molar-refractivity contribution in [2.75, 3.05) is 30.4 Å². The lowest BCUT2D eigenvalue weighted by Gasteiger charge is -2.19. The van der Waals surface area contributed by atoms with Crippen LogP contribution in [0.2, 0.25) is 0 Å². The van der Waals surface area contributed by atoms with E-state index in [2.05, 4.69) is 10.3 Å². The standard InChI is InChI=1S/C17H22N4O3/c1-12-15(5-4-6-16(12)21(23)24)13(2)19-17-8-7-14(11-18-17)20(3)9-10-22/h4-8,11,13,22H,9-10H2,1-3H3,(H,18,19). The van der Waals surface area contributed by atoms with Gasteiger partial charge in [-0.15, -0.1) is 0 Å². The van der Waals surface area contributed by atoms with Crippen LogP contribution in [-0.2, 0) is 0 Å². The second-order valence-corrected chi connectivity index (χ2v) is 5.66. The Bertz CT molecular complexity index is 703. The fraction of sp³-hybridized carbons (Fsp3) is 0.353. The van der Waals surface area contributed by atoms with Crippen LogP contribution in [0, 0.1) is 17.0 Å². The maximum atomic E-state index is 11.1. The van der Waals surface area contributed by atoms with Gasteiger partial charge in [-0.3, -0.25) is 10.1 Å². The van der Waals surface area contributed by atoms with Gasteiger partial charge in [-0.05, 0) is 31.5 Å². The topological polar surface area (TPSA) is 91.5 Å². The number of aliphatic hydroxyl groups is 1. The van der Waals surface area contributed by atoms with Gasteiger partial charge >= 0.3 is 0 Å². The van der Waals surface area contributed by atoms with Crippen molar-refractivity contribution in [2.45, 2.75) is 19.9 Å². The predicted molar refractivity (Wildman–Crippen MR) is 94.5 cm³/mol. The van der Waals surface area contributed by atoms with Crippen LogP contribution in [0.25, 0.3) is 0 Å². The molecule has 0 aliphatic rings. The molecule has 128 valence electrons. The Morgan fingerprint density at radius 1 is 1.38 bits per heavy atom. The first-order valence-corrected chi connectivity index (χ1v) is 7.72. The monoisotopic (exact) mass is 330 g/mol. The number of anilines is 2. The largest absolute Gasteiger partial charge is 0.395 e. The van der Waals surface area contributed by atoms with Crippen LogP contribution in [0.4, 0.5) is 17.2 Å². The zero-order chi connectivity index (χ0) is 17.7. The molecule has 0 aliphatic carbocycles. The van der Waals surface area contributed by atoms with Crippen LogP contribution in [0.5, 0.6) is 0 Å². The third-order valence-corrected chi connectivity index (χ3v) is 4.00. The van der Waals surface area contributed by atoms with Crippen molar-refractivity contribution in [1.29, 1.82) is 0 Å². The van der Waals surface area contributed by atoms with E-state index in [1.54, 1.807) is 19.2 Å². The van der Waals surface area contributed by atoms with Crippen LogP contribution in [-0.4, -0.2) is 35.2 Å². The van der Waals surface area contributed by atoms with Crippen molar-refractivity contribution in [3.8, 4) is 0 Å². The summed E-state index contributed by atoms with van der Waals surface area (Å²) in [6.45, 7) is 4.32. The molecule has 2 rings (SSSR count). The quantitative estimate of drug-likeness (QED) is 0.599. The highest BCUT2D eigenvalue weighted by Crippen LogP contribution is 2.27. The average Bonchev–Trinajstić information content (AvgIpc) is 2.55. The van der Waals surface area contributed by atoms with Crippen molar-refractivity contribution >= 4 is 17.2 Å². The average molecular weight is 330 g/mol. The van der Waals surface area contributed by atoms with E-state index in [1.807, 2.05) is 37.1 Å². The van der Waals surface area contributed by atoms with Crippen molar-refractivity contribution in [3.05, 3.63) is 57.8 Å². The normalized spacial score (nSPS) is 11.8. The van der Waals surface area contributed by atoms with E-state index in [0.717, 1.165) is 11.3 Å². The second-order valence-electron chi connectivity index (χ2n) is 5.66. The molecule has 24 heavy (non-hydrogen) atoms. The fourth-order valence-corrected chi connectivity index (χ4v) is 2.58. The van der Waals surface area contributed by atoms with Crippen LogP contribution >= 0.6 is 0 Å². The molecule has 0 bridgehead atoms. The number of nitro benzene ring substituents is 1. The van der Waals surface area contributed by atoms with E-state index in [1.165, 1.54) is 6.07 Å². The van der Waals surface area contributed by atoms with Gasteiger partial charge < -0.3 is 15.3 Å². The molecule has 1 aromatic carbocycles. The van der Waals surface area contributed by atoms with E-state index >= 15 is 0 Å². The molecule has 0 amide bonds. The summed E-state index contributed by atoms with van der Waals surface area (Å²) in [7, 11) is 1.88. The maximum absolute atomic E-state index is 11.1. The summed E-state index contributed by atoms with van der Waals surface area (Å²) in [5.41, 5.74) is 2.55. The Kier molecular flexibility index (Phi) is 5.70. The summed E-state index contributed by atoms with van der Waals surface area (Å²) in [5, 5.41) is 23.3. The Hall–Kier alpha value is -2.67. The van der Waals surface area contributed by atoms with Gasteiger partial charge in [0, 0.05) is 25.2 Å². The summed E-state index contributed by atoms with van der Waals surface area (Å²) in [6.07, 6.45) is 1.73. The van der Waals surface area contributed by atoms with Gasteiger partial charge in [0.2, 0.25) is 0 Å². The highest BCUT2D eigenvalue weighted by Gasteiger charge is 2.17. The fourth-order valence-electron chi connectivity index (χ4n) is 2.58. The number of nitrogens with one attached hydrogen (secondary N) is 1. The minimum atomic E-state index is -0.365. The van der Waals surface area contributed by atoms with Gasteiger partial charge in [-0.1, -0.05) is 12.1 Å². The first-order chi connectivity index (χ1) is 11.4. The van der Waals surface area contributed by atoms with Crippen LogP contribution < -0.4 is 10.2 Å². The molecule has 1 atom stereocenters. The summed E-state index contributed by atoms with van der Waals surface area (Å²) in [4.78, 5) is 17.0. The van der Waals surface area contributed by atoms with Crippen molar-refractivity contribution in [1.82, 2.24) is 4.98 Å². The van der Waals surface area contributed by atoms with E-state index in [4.69, 9.17) is 5.11 Å². The number of nitro groups is 1. The molecule has 7 heteroatoms. The third-order valence-electron chi connectivity index (χ3n) is 4.00. The molecular formula is C17H22N4O3. The van der Waals surface area contributed by atoms with Crippen LogP contribution in [0.3, 0.4) is 0 Å². The molecular weight excluding hydrogens is 308 g/mol. The maximum Gasteiger partial charge on any atom is 0.272 e. The van der Waals surface area contributed by atoms with Crippen molar-refractivity contribution in [3.63, 3.8) is 0 Å². The number of hydrogen-bond donors (Lipinski definition) is 2. The Morgan fingerprint density at radius 2 is 2.12 bits per heavy atom. The smallest absolute Gasteiger partial charge is 0.272 e. The molecule has 0 fully saturated rings. The van der Waals surface area contributed by atoms with Crippen LogP contribution in [0.1, 0.15) is 24.1 Å². The molecule has 1 unspecified atom stereocenters. The van der Waals surface area contributed by atoms with Crippen LogP contribution in [0.15, 0.2) is 36.5 Å². The first-order valence-electron chi connectivity index (χ1n) is 7.72. The molecule has 0 saturated carbocycles. The molecule has 2 aromatic rings. The molecule has 0 spiro atoms. The van der Waals surface area contributed by atoms with Gasteiger partial charge in [-0.2, -0.15) is 0 Å². The zero-order valence-corrected chi connectivity index (χ0v) is 14.1. The number of aromatic nitrogens is 1. The molecule has 7 nitrogen and oxygen atoms in total. The molecule has 0 radical (unpaired) electrons. The predicted octanol–water partition coefficient (Wildman–Crippen LogP) is 2.90. The second kappa shape index (κ2) is 7.74. The number of hydrogen-bond acceptors (Lipinski definition) is 6. The molecule has 0 aliphatic heterocycles. The van der Waals surface area contributed by atoms with Crippen molar-refractivity contribution < 1.29 is 10.0 Å². The van der Waals surface area contributed by atoms with Gasteiger partial charge in [0.1, 0.15) is 5.82 Å². The zero-order valence-electron chi connectivity index (χ0n) is 14.1. The van der Waals surface area contributed by atoms with Crippen molar-refractivity contribution in [2.24, 2.45) is 0 Å². The molecule has 1 heterocycles. The van der Waals surface area contributed by atoms with Gasteiger partial charge in [0.05, 0.1) is 29.5 Å². The van der Waals surface area contributed by atoms with E-state index in [-0.39, 0.29) is 23.3 Å². The lowest BCUT2D eigenvalue weighted by Crippen LogP contribution is -2.21. The van der Waals surface area contributed by atoms with E-state index < -0.39 is 0 Å². The lowest BCUT2D eigenvalue weighted by molar-refractivity contribution is -0.385. The minimum Gasteiger partial charge on any atom is -0.395 e. The highest BCUT2D eigenvalue weighted by molar-refractivity contribution is 5.51. The number of nitrogens with zero attached hydrogens (tertiary/aromatic N) is 3. The molecule has 1 aromatic heterocycles. The molecule has 2 N–H and O–H groups in total. The summed E-state index contributed by atoms with van der Waals surface area (Å²) < 4.78 is 0. The highest BCUT2D eigenvalue weighted by atomic mass is 16.6. The summed E-state index contributed by atoms with van der Waals surface area (Å²) >= 11 is 0. The lowest BCUT2D eigenvalue weighted by atomic mass is 10.0. The Labute approximate surface area is 141 Å². The minimum absolute atomic E-state index is 0.0829. The Balaban J connectivity index is 2.14. The van der Waals surface area contributed by atoms with E-state index in [9.17, 15) is 10.1 Å². The number of benzene rings is 1. The first kappa shape index (κ1) is 17.7. The van der Waals surface area contributed by atoms with Gasteiger partial charge in [0.15, 0.2) is 0 Å². The van der Waals surface area contributed by atoms with E-state index in [0.29, 0.717) is 17.9 Å². The number of pyridine rings is 1. The van der Waals surface area contributed by atoms with Gasteiger partial charge in [0.25, 0.3) is 5.69 Å². The van der Waals surface area contributed by atoms with Gasteiger partial charge in [-0.25, -0.2) is 4.98 Å².